The van der Waals surface area contributed by atoms with Gasteiger partial charge in [0.05, 0.1) is 37.2 Å². The standard InChI is InChI=1S/C34H28N4O2/c1-40-29-19-17-26(18-20-29)23-37-31(39)22-21-30(35-37)32-33(27-13-7-3-8-14-27)36-38(24-25-11-5-2-6-12-25)34(32)28-15-9-4-10-16-28/h2-22H,23-24H2,1H3. The molecule has 0 saturated heterocycles. The monoisotopic (exact) mass is 524 g/mol. The summed E-state index contributed by atoms with van der Waals surface area (Å²) in [5.74, 6) is 0.767. The fourth-order valence-corrected chi connectivity index (χ4v) is 4.86. The summed E-state index contributed by atoms with van der Waals surface area (Å²) >= 11 is 0. The Morgan fingerprint density at radius 3 is 1.82 bits per heavy atom. The zero-order valence-electron chi connectivity index (χ0n) is 22.1. The van der Waals surface area contributed by atoms with E-state index in [1.165, 1.54) is 4.68 Å². The Bertz CT molecular complexity index is 1780. The van der Waals surface area contributed by atoms with Crippen molar-refractivity contribution >= 4 is 0 Å². The average molecular weight is 525 g/mol. The van der Waals surface area contributed by atoms with E-state index in [0.717, 1.165) is 45.0 Å². The largest absolute Gasteiger partial charge is 0.497 e. The predicted octanol–water partition coefficient (Wildman–Crippen LogP) is 6.55. The molecule has 2 heterocycles. The minimum Gasteiger partial charge on any atom is -0.497 e. The molecular formula is C34H28N4O2. The minimum atomic E-state index is -0.168. The molecule has 2 aromatic heterocycles. The number of nitrogens with zero attached hydrogens (tertiary/aromatic N) is 4. The SMILES string of the molecule is COc1ccc(Cn2nc(-c3c(-c4ccccc4)nn(Cc4ccccc4)c3-c3ccccc3)ccc2=O)cc1. The molecule has 0 fully saturated rings. The molecule has 0 atom stereocenters. The first-order valence-electron chi connectivity index (χ1n) is 13.2. The van der Waals surface area contributed by atoms with E-state index in [1.54, 1.807) is 19.2 Å². The van der Waals surface area contributed by atoms with Gasteiger partial charge in [-0.1, -0.05) is 103 Å². The van der Waals surface area contributed by atoms with Crippen LogP contribution in [0.1, 0.15) is 11.1 Å². The van der Waals surface area contributed by atoms with E-state index in [1.807, 2.05) is 83.5 Å². The number of benzene rings is 4. The van der Waals surface area contributed by atoms with Crippen LogP contribution in [0.2, 0.25) is 0 Å². The normalized spacial score (nSPS) is 10.9. The van der Waals surface area contributed by atoms with E-state index in [0.29, 0.717) is 18.8 Å². The third kappa shape index (κ3) is 5.20. The Morgan fingerprint density at radius 2 is 1.18 bits per heavy atom. The zero-order chi connectivity index (χ0) is 27.3. The van der Waals surface area contributed by atoms with Gasteiger partial charge in [-0.3, -0.25) is 9.48 Å². The van der Waals surface area contributed by atoms with Crippen molar-refractivity contribution in [2.45, 2.75) is 13.1 Å². The number of hydrogen-bond donors (Lipinski definition) is 0. The van der Waals surface area contributed by atoms with Crippen LogP contribution in [-0.2, 0) is 13.1 Å². The lowest BCUT2D eigenvalue weighted by molar-refractivity contribution is 0.414. The van der Waals surface area contributed by atoms with Crippen molar-refractivity contribution in [3.8, 4) is 39.5 Å². The van der Waals surface area contributed by atoms with Crippen LogP contribution in [0, 0.1) is 0 Å². The Kier molecular flexibility index (Phi) is 7.05. The third-order valence-corrected chi connectivity index (χ3v) is 6.84. The highest BCUT2D eigenvalue weighted by Crippen LogP contribution is 2.39. The van der Waals surface area contributed by atoms with Gasteiger partial charge in [0.1, 0.15) is 11.4 Å². The van der Waals surface area contributed by atoms with Crippen molar-refractivity contribution in [3.63, 3.8) is 0 Å². The molecule has 6 rings (SSSR count). The second-order valence-electron chi connectivity index (χ2n) is 9.51. The van der Waals surface area contributed by atoms with Gasteiger partial charge in [-0.25, -0.2) is 4.68 Å². The number of rotatable bonds is 8. The van der Waals surface area contributed by atoms with Crippen molar-refractivity contribution in [2.75, 3.05) is 7.11 Å². The molecular weight excluding hydrogens is 496 g/mol. The molecule has 0 aliphatic carbocycles. The highest BCUT2D eigenvalue weighted by Gasteiger charge is 2.24. The highest BCUT2D eigenvalue weighted by atomic mass is 16.5. The van der Waals surface area contributed by atoms with Crippen LogP contribution in [0.25, 0.3) is 33.8 Å². The molecule has 0 saturated carbocycles. The molecule has 6 heteroatoms. The van der Waals surface area contributed by atoms with Gasteiger partial charge in [0.2, 0.25) is 0 Å². The summed E-state index contributed by atoms with van der Waals surface area (Å²) in [6.07, 6.45) is 0. The van der Waals surface area contributed by atoms with Crippen LogP contribution in [-0.4, -0.2) is 26.7 Å². The Balaban J connectivity index is 1.55. The van der Waals surface area contributed by atoms with Gasteiger partial charge in [-0.15, -0.1) is 0 Å². The van der Waals surface area contributed by atoms with Gasteiger partial charge in [-0.2, -0.15) is 10.2 Å². The fourth-order valence-electron chi connectivity index (χ4n) is 4.86. The Morgan fingerprint density at radius 1 is 0.600 bits per heavy atom. The smallest absolute Gasteiger partial charge is 0.267 e. The molecule has 0 bridgehead atoms. The molecule has 196 valence electrons. The van der Waals surface area contributed by atoms with Crippen LogP contribution < -0.4 is 10.3 Å². The molecule has 40 heavy (non-hydrogen) atoms. The summed E-state index contributed by atoms with van der Waals surface area (Å²) in [5, 5.41) is 10.1. The predicted molar refractivity (Wildman–Crippen MR) is 158 cm³/mol. The molecule has 0 spiro atoms. The Labute approximate surface area is 232 Å². The summed E-state index contributed by atoms with van der Waals surface area (Å²) in [6.45, 7) is 0.937. The lowest BCUT2D eigenvalue weighted by atomic mass is 9.99. The van der Waals surface area contributed by atoms with Crippen molar-refractivity contribution in [3.05, 3.63) is 149 Å². The maximum absolute atomic E-state index is 12.9. The van der Waals surface area contributed by atoms with Crippen molar-refractivity contribution in [1.82, 2.24) is 19.6 Å². The van der Waals surface area contributed by atoms with Gasteiger partial charge in [-0.05, 0) is 29.3 Å². The molecule has 0 radical (unpaired) electrons. The first kappa shape index (κ1) is 25.1. The number of hydrogen-bond acceptors (Lipinski definition) is 4. The first-order chi connectivity index (χ1) is 19.7. The van der Waals surface area contributed by atoms with E-state index in [4.69, 9.17) is 14.9 Å². The van der Waals surface area contributed by atoms with Crippen molar-refractivity contribution in [1.29, 1.82) is 0 Å². The molecule has 6 aromatic rings. The summed E-state index contributed by atoms with van der Waals surface area (Å²) in [7, 11) is 1.64. The summed E-state index contributed by atoms with van der Waals surface area (Å²) in [5.41, 5.74) is 7.28. The summed E-state index contributed by atoms with van der Waals surface area (Å²) in [6, 6.07) is 41.7. The molecule has 0 aliphatic heterocycles. The molecule has 6 nitrogen and oxygen atoms in total. The van der Waals surface area contributed by atoms with Gasteiger partial charge < -0.3 is 4.74 Å². The topological polar surface area (TPSA) is 61.9 Å². The molecule has 0 aliphatic rings. The maximum Gasteiger partial charge on any atom is 0.267 e. The lowest BCUT2D eigenvalue weighted by Gasteiger charge is -2.12. The van der Waals surface area contributed by atoms with Crippen LogP contribution in [0.5, 0.6) is 5.75 Å². The maximum atomic E-state index is 12.9. The first-order valence-corrected chi connectivity index (χ1v) is 13.2. The number of aromatic nitrogens is 4. The van der Waals surface area contributed by atoms with Crippen LogP contribution in [0.3, 0.4) is 0 Å². The number of ether oxygens (including phenoxy) is 1. The van der Waals surface area contributed by atoms with E-state index >= 15 is 0 Å². The van der Waals surface area contributed by atoms with E-state index in [2.05, 4.69) is 36.4 Å². The Hall–Kier alpha value is -5.23. The highest BCUT2D eigenvalue weighted by molar-refractivity contribution is 5.90. The fraction of sp³-hybridized carbons (Fsp3) is 0.0882. The number of methoxy groups -OCH3 is 1. The minimum absolute atomic E-state index is 0.168. The molecule has 0 unspecified atom stereocenters. The summed E-state index contributed by atoms with van der Waals surface area (Å²) in [4.78, 5) is 12.9. The van der Waals surface area contributed by atoms with E-state index in [-0.39, 0.29) is 5.56 Å². The van der Waals surface area contributed by atoms with E-state index < -0.39 is 0 Å². The van der Waals surface area contributed by atoms with Crippen LogP contribution >= 0.6 is 0 Å². The van der Waals surface area contributed by atoms with Crippen molar-refractivity contribution < 1.29 is 4.74 Å². The van der Waals surface area contributed by atoms with Gasteiger partial charge in [0.15, 0.2) is 0 Å². The molecule has 4 aromatic carbocycles. The second-order valence-corrected chi connectivity index (χ2v) is 9.51. The molecule has 0 N–H and O–H groups in total. The van der Waals surface area contributed by atoms with Gasteiger partial charge in [0, 0.05) is 17.2 Å². The van der Waals surface area contributed by atoms with E-state index in [9.17, 15) is 4.79 Å². The van der Waals surface area contributed by atoms with Gasteiger partial charge >= 0.3 is 0 Å². The quantitative estimate of drug-likeness (QED) is 0.227. The van der Waals surface area contributed by atoms with Gasteiger partial charge in [0.25, 0.3) is 5.56 Å². The average Bonchev–Trinajstić information content (AvgIpc) is 3.39. The van der Waals surface area contributed by atoms with Crippen molar-refractivity contribution in [2.24, 2.45) is 0 Å². The summed E-state index contributed by atoms with van der Waals surface area (Å²) < 4.78 is 8.84. The van der Waals surface area contributed by atoms with Crippen LogP contribution in [0.4, 0.5) is 0 Å². The second kappa shape index (κ2) is 11.3. The lowest BCUT2D eigenvalue weighted by Crippen LogP contribution is -2.23. The van der Waals surface area contributed by atoms with Crippen LogP contribution in [0.15, 0.2) is 132 Å². The third-order valence-electron chi connectivity index (χ3n) is 6.84. The molecule has 0 amide bonds. The zero-order valence-corrected chi connectivity index (χ0v) is 22.1.